The van der Waals surface area contributed by atoms with E-state index < -0.39 is 66.4 Å². The van der Waals surface area contributed by atoms with Crippen LogP contribution in [-0.2, 0) is 29.2 Å². The second-order valence-electron chi connectivity index (χ2n) is 11.2. The van der Waals surface area contributed by atoms with E-state index in [1.54, 1.807) is 48.5 Å². The van der Waals surface area contributed by atoms with E-state index in [-0.39, 0.29) is 12.0 Å². The molecule has 3 N–H and O–H groups in total. The van der Waals surface area contributed by atoms with Crippen LogP contribution in [0.4, 0.5) is 0 Å². The zero-order valence-corrected chi connectivity index (χ0v) is 26.5. The van der Waals surface area contributed by atoms with E-state index in [2.05, 4.69) is 4.98 Å². The van der Waals surface area contributed by atoms with Gasteiger partial charge in [0.25, 0.3) is 5.56 Å². The van der Waals surface area contributed by atoms with Gasteiger partial charge in [-0.3, -0.25) is 14.3 Å². The Morgan fingerprint density at radius 2 is 1.42 bits per heavy atom. The standard InChI is InChI=1S/C35H36N2O11/c1-21-18-37(34(43)36-33(21)42)28-17-27(46-29(40)19-38)31(47-28)32(48-30(41)20-39)35(22-7-5-4-6-8-22,23-9-13-25(44-2)14-10-23)24-11-15-26(45-3)16-12-24/h4-16,18,27-28,31-32,38-39H,17,19-20H2,1-3H3,(H,36,42,43)/t27-,28+,31-,32?/m0/s1. The van der Waals surface area contributed by atoms with Crippen LogP contribution in [0.25, 0.3) is 0 Å². The first-order valence-electron chi connectivity index (χ1n) is 15.1. The lowest BCUT2D eigenvalue weighted by Crippen LogP contribution is -2.54. The molecular weight excluding hydrogens is 624 g/mol. The first-order valence-corrected chi connectivity index (χ1v) is 15.1. The van der Waals surface area contributed by atoms with Gasteiger partial charge in [-0.05, 0) is 47.9 Å². The monoisotopic (exact) mass is 660 g/mol. The maximum absolute atomic E-state index is 13.2. The van der Waals surface area contributed by atoms with Crippen LogP contribution in [0.5, 0.6) is 11.5 Å². The lowest BCUT2D eigenvalue weighted by atomic mass is 9.64. The summed E-state index contributed by atoms with van der Waals surface area (Å²) in [7, 11) is 3.06. The molecule has 1 aliphatic heterocycles. The van der Waals surface area contributed by atoms with Crippen molar-refractivity contribution in [3.05, 3.63) is 128 Å². The van der Waals surface area contributed by atoms with E-state index in [9.17, 15) is 29.4 Å². The number of H-pyrrole nitrogens is 1. The Morgan fingerprint density at radius 1 is 0.875 bits per heavy atom. The summed E-state index contributed by atoms with van der Waals surface area (Å²) in [5, 5.41) is 19.6. The van der Waals surface area contributed by atoms with E-state index in [0.29, 0.717) is 28.2 Å². The van der Waals surface area contributed by atoms with Gasteiger partial charge >= 0.3 is 17.6 Å². The third-order valence-corrected chi connectivity index (χ3v) is 8.42. The average molecular weight is 661 g/mol. The molecule has 0 bridgehead atoms. The highest BCUT2D eigenvalue weighted by Crippen LogP contribution is 2.49. The predicted octanol–water partition coefficient (Wildman–Crippen LogP) is 1.99. The highest BCUT2D eigenvalue weighted by molar-refractivity contribution is 5.72. The fraction of sp³-hybridized carbons (Fsp3) is 0.314. The van der Waals surface area contributed by atoms with Crippen molar-refractivity contribution in [2.24, 2.45) is 0 Å². The number of carbonyl (C=O) groups excluding carboxylic acids is 2. The first kappa shape index (κ1) is 34.1. The fourth-order valence-electron chi connectivity index (χ4n) is 6.21. The van der Waals surface area contributed by atoms with Crippen molar-refractivity contribution in [3.8, 4) is 11.5 Å². The average Bonchev–Trinajstić information content (AvgIpc) is 3.53. The van der Waals surface area contributed by atoms with Crippen molar-refractivity contribution in [1.82, 2.24) is 9.55 Å². The normalized spacial score (nSPS) is 18.1. The third-order valence-electron chi connectivity index (χ3n) is 8.42. The molecule has 0 aliphatic carbocycles. The summed E-state index contributed by atoms with van der Waals surface area (Å²) in [6.45, 7) is -0.417. The number of ether oxygens (including phenoxy) is 5. The van der Waals surface area contributed by atoms with Crippen molar-refractivity contribution in [1.29, 1.82) is 0 Å². The maximum atomic E-state index is 13.2. The number of methoxy groups -OCH3 is 2. The number of hydrogen-bond donors (Lipinski definition) is 3. The summed E-state index contributed by atoms with van der Waals surface area (Å²) < 4.78 is 30.4. The SMILES string of the molecule is COc1ccc(C(c2ccccc2)(c2ccc(OC)cc2)C(OC(=O)CO)[C@H]2O[C@@H](n3cc(C)c(=O)[nH]c3=O)C[C@@H]2OC(=O)CO)cc1. The quantitative estimate of drug-likeness (QED) is 0.150. The van der Waals surface area contributed by atoms with Gasteiger partial charge in [0, 0.05) is 18.2 Å². The highest BCUT2D eigenvalue weighted by atomic mass is 16.6. The van der Waals surface area contributed by atoms with E-state index in [0.717, 1.165) is 4.57 Å². The number of esters is 2. The number of aliphatic hydroxyl groups excluding tert-OH is 2. The van der Waals surface area contributed by atoms with Crippen molar-refractivity contribution >= 4 is 11.9 Å². The molecule has 13 heteroatoms. The molecule has 0 radical (unpaired) electrons. The van der Waals surface area contributed by atoms with Crippen LogP contribution in [0, 0.1) is 6.92 Å². The Morgan fingerprint density at radius 3 is 1.94 bits per heavy atom. The van der Waals surface area contributed by atoms with Gasteiger partial charge in [0.05, 0.1) is 19.6 Å². The summed E-state index contributed by atoms with van der Waals surface area (Å²) in [6.07, 6.45) is -3.78. The molecule has 13 nitrogen and oxygen atoms in total. The minimum Gasteiger partial charge on any atom is -0.497 e. The Bertz CT molecular complexity index is 1790. The summed E-state index contributed by atoms with van der Waals surface area (Å²) in [5.41, 5.74) is -0.715. The van der Waals surface area contributed by atoms with Gasteiger partial charge < -0.3 is 33.9 Å². The largest absolute Gasteiger partial charge is 0.497 e. The molecule has 5 rings (SSSR count). The number of aromatic nitrogens is 2. The lowest BCUT2D eigenvalue weighted by molar-refractivity contribution is -0.176. The molecule has 3 aromatic carbocycles. The number of nitrogens with one attached hydrogen (secondary N) is 1. The first-order chi connectivity index (χ1) is 23.2. The summed E-state index contributed by atoms with van der Waals surface area (Å²) >= 11 is 0. The van der Waals surface area contributed by atoms with Crippen LogP contribution in [-0.4, -0.2) is 77.4 Å². The van der Waals surface area contributed by atoms with Crippen LogP contribution < -0.4 is 20.7 Å². The molecule has 0 saturated carbocycles. The van der Waals surface area contributed by atoms with Crippen LogP contribution in [0.1, 0.15) is 34.9 Å². The van der Waals surface area contributed by atoms with E-state index in [1.807, 2.05) is 30.3 Å². The number of nitrogens with zero attached hydrogens (tertiary/aromatic N) is 1. The highest BCUT2D eigenvalue weighted by Gasteiger charge is 2.56. The maximum Gasteiger partial charge on any atom is 0.332 e. The van der Waals surface area contributed by atoms with Gasteiger partial charge in [0.1, 0.15) is 49.3 Å². The number of rotatable bonds is 12. The van der Waals surface area contributed by atoms with Crippen LogP contribution in [0.3, 0.4) is 0 Å². The molecular formula is C35H36N2O11. The van der Waals surface area contributed by atoms with Gasteiger partial charge in [-0.1, -0.05) is 54.6 Å². The second kappa shape index (κ2) is 14.7. The molecule has 1 saturated heterocycles. The van der Waals surface area contributed by atoms with E-state index in [4.69, 9.17) is 23.7 Å². The van der Waals surface area contributed by atoms with E-state index in [1.165, 1.54) is 27.3 Å². The minimum absolute atomic E-state index is 0.120. The lowest BCUT2D eigenvalue weighted by Gasteiger charge is -2.44. The Hall–Kier alpha value is -5.24. The molecule has 1 aromatic heterocycles. The van der Waals surface area contributed by atoms with Gasteiger partial charge in [-0.15, -0.1) is 0 Å². The van der Waals surface area contributed by atoms with Crippen molar-refractivity contribution in [3.63, 3.8) is 0 Å². The van der Waals surface area contributed by atoms with Gasteiger partial charge in [0.2, 0.25) is 0 Å². The van der Waals surface area contributed by atoms with Crippen molar-refractivity contribution < 1.29 is 43.5 Å². The molecule has 2 heterocycles. The molecule has 4 aromatic rings. The minimum atomic E-state index is -1.43. The number of hydrogen-bond acceptors (Lipinski definition) is 11. The molecule has 0 amide bonds. The molecule has 48 heavy (non-hydrogen) atoms. The number of benzene rings is 3. The molecule has 0 spiro atoms. The second-order valence-corrected chi connectivity index (χ2v) is 11.2. The third kappa shape index (κ3) is 6.61. The molecule has 4 atom stereocenters. The number of aryl methyl sites for hydroxylation is 1. The molecule has 1 aliphatic rings. The van der Waals surface area contributed by atoms with Gasteiger partial charge in [0.15, 0.2) is 0 Å². The zero-order chi connectivity index (χ0) is 34.4. The topological polar surface area (TPSA) is 176 Å². The molecule has 252 valence electrons. The summed E-state index contributed by atoms with van der Waals surface area (Å²) in [4.78, 5) is 53.2. The van der Waals surface area contributed by atoms with Crippen LogP contribution >= 0.6 is 0 Å². The van der Waals surface area contributed by atoms with Crippen LogP contribution in [0.2, 0.25) is 0 Å². The number of aliphatic hydroxyl groups is 2. The van der Waals surface area contributed by atoms with Crippen molar-refractivity contribution in [2.75, 3.05) is 27.4 Å². The molecule has 1 unspecified atom stereocenters. The van der Waals surface area contributed by atoms with Crippen molar-refractivity contribution in [2.45, 2.75) is 43.3 Å². The Balaban J connectivity index is 1.82. The van der Waals surface area contributed by atoms with Gasteiger partial charge in [-0.25, -0.2) is 14.4 Å². The smallest absolute Gasteiger partial charge is 0.332 e. The summed E-state index contributed by atoms with van der Waals surface area (Å²) in [6, 6.07) is 23.3. The fourth-order valence-corrected chi connectivity index (χ4v) is 6.21. The van der Waals surface area contributed by atoms with E-state index >= 15 is 0 Å². The predicted molar refractivity (Wildman–Crippen MR) is 171 cm³/mol. The summed E-state index contributed by atoms with van der Waals surface area (Å²) in [5.74, 6) is -0.873. The number of aromatic amines is 1. The van der Waals surface area contributed by atoms with Crippen LogP contribution in [0.15, 0.2) is 94.6 Å². The number of carbonyl (C=O) groups is 2. The zero-order valence-electron chi connectivity index (χ0n) is 26.5. The molecule has 1 fully saturated rings. The Labute approximate surface area is 275 Å². The van der Waals surface area contributed by atoms with Gasteiger partial charge in [-0.2, -0.15) is 0 Å². The Kier molecular flexibility index (Phi) is 10.4.